The lowest BCUT2D eigenvalue weighted by Gasteiger charge is -2.31. The summed E-state index contributed by atoms with van der Waals surface area (Å²) >= 11 is 6.23. The van der Waals surface area contributed by atoms with Crippen LogP contribution in [0.15, 0.2) is 12.1 Å². The number of pyridine rings is 1. The number of aromatic nitrogens is 1. The fourth-order valence-electron chi connectivity index (χ4n) is 2.38. The van der Waals surface area contributed by atoms with Crippen LogP contribution in [0.2, 0.25) is 5.02 Å². The van der Waals surface area contributed by atoms with Crippen molar-refractivity contribution < 1.29 is 9.47 Å². The van der Waals surface area contributed by atoms with Gasteiger partial charge in [-0.3, -0.25) is 0 Å². The van der Waals surface area contributed by atoms with Crippen LogP contribution in [0.1, 0.15) is 13.8 Å². The van der Waals surface area contributed by atoms with E-state index in [-0.39, 0.29) is 0 Å². The Morgan fingerprint density at radius 3 is 1.62 bits per heavy atom. The number of ether oxygens (including phenoxy) is 2. The summed E-state index contributed by atoms with van der Waals surface area (Å²) in [6.45, 7) is 10.5. The van der Waals surface area contributed by atoms with Gasteiger partial charge in [0.1, 0.15) is 11.6 Å². The number of hydrogen-bond donors (Lipinski definition) is 0. The van der Waals surface area contributed by atoms with Crippen LogP contribution in [0.4, 0.5) is 11.6 Å². The summed E-state index contributed by atoms with van der Waals surface area (Å²) in [5.41, 5.74) is 0. The summed E-state index contributed by atoms with van der Waals surface area (Å²) in [5.74, 6) is 1.88. The summed E-state index contributed by atoms with van der Waals surface area (Å²) in [4.78, 5) is 9.18. The summed E-state index contributed by atoms with van der Waals surface area (Å²) in [5, 5.41) is 0.734. The Hall–Kier alpha value is -1.04. The predicted octanol–water partition coefficient (Wildman–Crippen LogP) is 2.43. The molecule has 1 aromatic rings. The summed E-state index contributed by atoms with van der Waals surface area (Å²) in [6, 6.07) is 3.85. The Morgan fingerprint density at radius 1 is 0.857 bits per heavy atom. The number of nitrogens with zero attached hydrogens (tertiary/aromatic N) is 3. The second-order valence-electron chi connectivity index (χ2n) is 4.70. The van der Waals surface area contributed by atoms with Crippen LogP contribution >= 0.6 is 11.6 Å². The van der Waals surface area contributed by atoms with Crippen LogP contribution in [0.5, 0.6) is 0 Å². The second-order valence-corrected chi connectivity index (χ2v) is 5.14. The van der Waals surface area contributed by atoms with Crippen molar-refractivity contribution >= 4 is 23.2 Å². The van der Waals surface area contributed by atoms with E-state index in [4.69, 9.17) is 26.1 Å². The average molecular weight is 314 g/mol. The fraction of sp³-hybridized carbons (Fsp3) is 0.667. The molecule has 0 N–H and O–H groups in total. The molecule has 2 aliphatic heterocycles. The molecule has 2 aliphatic rings. The molecule has 0 radical (unpaired) electrons. The molecule has 118 valence electrons. The van der Waals surface area contributed by atoms with Crippen LogP contribution < -0.4 is 9.80 Å². The van der Waals surface area contributed by atoms with Crippen molar-refractivity contribution in [3.8, 4) is 0 Å². The van der Waals surface area contributed by atoms with Crippen molar-refractivity contribution in [2.45, 2.75) is 13.8 Å². The fourth-order valence-corrected chi connectivity index (χ4v) is 2.57. The van der Waals surface area contributed by atoms with Gasteiger partial charge in [-0.1, -0.05) is 25.4 Å². The normalized spacial score (nSPS) is 19.0. The highest BCUT2D eigenvalue weighted by molar-refractivity contribution is 6.31. The third-order valence-corrected chi connectivity index (χ3v) is 3.65. The lowest BCUT2D eigenvalue weighted by molar-refractivity contribution is 0.121. The standard InChI is InChI=1S/C13H18ClN3O2.C2H6/c14-11-9-12(16-1-5-18-6-2-16)15-13(10-11)17-3-7-19-8-4-17;1-2/h9-10H,1-8H2;1-2H3. The van der Waals surface area contributed by atoms with Crippen LogP contribution in [0, 0.1) is 0 Å². The molecule has 21 heavy (non-hydrogen) atoms. The first-order valence-corrected chi connectivity index (χ1v) is 8.04. The average Bonchev–Trinajstić information content (AvgIpc) is 2.58. The minimum Gasteiger partial charge on any atom is -0.378 e. The van der Waals surface area contributed by atoms with E-state index in [1.807, 2.05) is 26.0 Å². The maximum atomic E-state index is 6.23. The van der Waals surface area contributed by atoms with Crippen molar-refractivity contribution in [1.29, 1.82) is 0 Å². The Bertz CT molecular complexity index is 397. The second kappa shape index (κ2) is 8.41. The Kier molecular flexibility index (Phi) is 6.54. The Labute approximate surface area is 131 Å². The molecule has 0 aromatic carbocycles. The predicted molar refractivity (Wildman–Crippen MR) is 86.7 cm³/mol. The molecule has 1 aromatic heterocycles. The zero-order valence-corrected chi connectivity index (χ0v) is 13.6. The first kappa shape index (κ1) is 16.3. The third kappa shape index (κ3) is 4.46. The van der Waals surface area contributed by atoms with Crippen molar-refractivity contribution in [3.63, 3.8) is 0 Å². The monoisotopic (exact) mass is 313 g/mol. The van der Waals surface area contributed by atoms with Gasteiger partial charge in [0.15, 0.2) is 0 Å². The first-order valence-electron chi connectivity index (χ1n) is 7.66. The van der Waals surface area contributed by atoms with E-state index in [2.05, 4.69) is 9.80 Å². The van der Waals surface area contributed by atoms with E-state index in [0.29, 0.717) is 0 Å². The van der Waals surface area contributed by atoms with E-state index in [1.165, 1.54) is 0 Å². The molecule has 2 saturated heterocycles. The Balaban J connectivity index is 0.000000774. The minimum absolute atomic E-state index is 0.734. The highest BCUT2D eigenvalue weighted by Crippen LogP contribution is 2.25. The molecule has 0 amide bonds. The molecule has 0 atom stereocenters. The molecule has 2 fully saturated rings. The lowest BCUT2D eigenvalue weighted by atomic mass is 10.3. The van der Waals surface area contributed by atoms with Gasteiger partial charge in [0, 0.05) is 31.2 Å². The van der Waals surface area contributed by atoms with Gasteiger partial charge in [0.25, 0.3) is 0 Å². The zero-order chi connectivity index (χ0) is 15.1. The van der Waals surface area contributed by atoms with Gasteiger partial charge in [0.05, 0.1) is 26.4 Å². The first-order chi connectivity index (χ1) is 10.3. The van der Waals surface area contributed by atoms with Crippen molar-refractivity contribution in [3.05, 3.63) is 17.2 Å². The van der Waals surface area contributed by atoms with Gasteiger partial charge in [0.2, 0.25) is 0 Å². The number of rotatable bonds is 2. The maximum Gasteiger partial charge on any atom is 0.132 e. The minimum atomic E-state index is 0.734. The van der Waals surface area contributed by atoms with Gasteiger partial charge >= 0.3 is 0 Å². The number of halogens is 1. The van der Waals surface area contributed by atoms with Crippen LogP contribution in [0.3, 0.4) is 0 Å². The SMILES string of the molecule is CC.Clc1cc(N2CCOCC2)nc(N2CCOCC2)c1. The highest BCUT2D eigenvalue weighted by Gasteiger charge is 2.17. The molecule has 0 unspecified atom stereocenters. The maximum absolute atomic E-state index is 6.23. The molecular formula is C15H24ClN3O2. The molecule has 5 nitrogen and oxygen atoms in total. The van der Waals surface area contributed by atoms with Gasteiger partial charge in [-0.05, 0) is 12.1 Å². The van der Waals surface area contributed by atoms with E-state index in [1.54, 1.807) is 0 Å². The van der Waals surface area contributed by atoms with Gasteiger partial charge in [-0.2, -0.15) is 0 Å². The van der Waals surface area contributed by atoms with Gasteiger partial charge in [-0.25, -0.2) is 4.98 Å². The summed E-state index contributed by atoms with van der Waals surface area (Å²) in [6.07, 6.45) is 0. The molecule has 6 heteroatoms. The lowest BCUT2D eigenvalue weighted by Crippen LogP contribution is -2.38. The van der Waals surface area contributed by atoms with Crippen molar-refractivity contribution in [2.24, 2.45) is 0 Å². The molecule has 3 heterocycles. The number of anilines is 2. The van der Waals surface area contributed by atoms with E-state index in [0.717, 1.165) is 69.3 Å². The van der Waals surface area contributed by atoms with Crippen molar-refractivity contribution in [1.82, 2.24) is 4.98 Å². The van der Waals surface area contributed by atoms with E-state index < -0.39 is 0 Å². The Morgan fingerprint density at radius 2 is 1.24 bits per heavy atom. The molecular weight excluding hydrogens is 290 g/mol. The number of hydrogen-bond acceptors (Lipinski definition) is 5. The van der Waals surface area contributed by atoms with Gasteiger partial charge < -0.3 is 19.3 Å². The number of morpholine rings is 2. The zero-order valence-electron chi connectivity index (χ0n) is 12.8. The smallest absolute Gasteiger partial charge is 0.132 e. The topological polar surface area (TPSA) is 37.8 Å². The van der Waals surface area contributed by atoms with E-state index >= 15 is 0 Å². The molecule has 3 rings (SSSR count). The highest BCUT2D eigenvalue weighted by atomic mass is 35.5. The third-order valence-electron chi connectivity index (χ3n) is 3.43. The van der Waals surface area contributed by atoms with Crippen LogP contribution in [0.25, 0.3) is 0 Å². The summed E-state index contributed by atoms with van der Waals surface area (Å²) in [7, 11) is 0. The molecule has 0 bridgehead atoms. The quantitative estimate of drug-likeness (QED) is 0.838. The molecule has 0 aliphatic carbocycles. The van der Waals surface area contributed by atoms with Crippen LogP contribution in [-0.2, 0) is 9.47 Å². The molecule has 0 spiro atoms. The van der Waals surface area contributed by atoms with Crippen molar-refractivity contribution in [2.75, 3.05) is 62.4 Å². The van der Waals surface area contributed by atoms with E-state index in [9.17, 15) is 0 Å². The molecule has 0 saturated carbocycles. The largest absolute Gasteiger partial charge is 0.378 e. The van der Waals surface area contributed by atoms with Gasteiger partial charge in [-0.15, -0.1) is 0 Å². The summed E-state index contributed by atoms with van der Waals surface area (Å²) < 4.78 is 10.7. The van der Waals surface area contributed by atoms with Crippen LogP contribution in [-0.4, -0.2) is 57.6 Å².